The van der Waals surface area contributed by atoms with Crippen LogP contribution < -0.4 is 10.1 Å². The van der Waals surface area contributed by atoms with Crippen LogP contribution in [0.25, 0.3) is 16.5 Å². The van der Waals surface area contributed by atoms with Crippen molar-refractivity contribution in [2.24, 2.45) is 0 Å². The first-order chi connectivity index (χ1) is 20.2. The Hall–Kier alpha value is -4.84. The molecule has 0 unspecified atom stereocenters. The molecule has 0 saturated heterocycles. The molecule has 0 radical (unpaired) electrons. The van der Waals surface area contributed by atoms with Gasteiger partial charge in [-0.25, -0.2) is 4.68 Å². The van der Waals surface area contributed by atoms with Crippen LogP contribution in [-0.2, 0) is 17.0 Å². The van der Waals surface area contributed by atoms with Crippen LogP contribution in [0.15, 0.2) is 64.2 Å². The number of fused-ring (bicyclic) bond motifs is 1. The zero-order valence-electron chi connectivity index (χ0n) is 23.2. The molecule has 5 rings (SSSR count). The summed E-state index contributed by atoms with van der Waals surface area (Å²) in [6.45, 7) is 5.73. The molecule has 0 spiro atoms. The lowest BCUT2D eigenvalue weighted by molar-refractivity contribution is -0.136. The number of nitrogens with one attached hydrogen (secondary N) is 1. The van der Waals surface area contributed by atoms with Crippen molar-refractivity contribution >= 4 is 34.4 Å². The predicted octanol–water partition coefficient (Wildman–Crippen LogP) is 5.58. The fourth-order valence-electron chi connectivity index (χ4n) is 4.31. The van der Waals surface area contributed by atoms with Crippen molar-refractivity contribution < 1.29 is 29.0 Å². The van der Waals surface area contributed by atoms with Crippen molar-refractivity contribution in [1.82, 2.24) is 25.3 Å². The van der Waals surface area contributed by atoms with Gasteiger partial charge < -0.3 is 24.7 Å². The Bertz CT molecular complexity index is 1760. The molecule has 0 aliphatic heterocycles. The third kappa shape index (κ3) is 6.08. The first-order valence-corrected chi connectivity index (χ1v) is 14.3. The number of rotatable bonds is 11. The number of ether oxygens (including phenoxy) is 1. The Labute approximate surface area is 245 Å². The molecule has 0 atom stereocenters. The number of aliphatic carboxylic acids is 1. The Morgan fingerprint density at radius 3 is 2.50 bits per heavy atom. The molecule has 0 saturated carbocycles. The van der Waals surface area contributed by atoms with E-state index in [9.17, 15) is 14.7 Å². The number of carbonyl (C=O) groups is 2. The molecule has 0 aliphatic rings. The molecule has 11 nitrogen and oxygen atoms in total. The number of hydrogen-bond donors (Lipinski definition) is 3. The number of thioether (sulfide) groups is 1. The summed E-state index contributed by atoms with van der Waals surface area (Å²) in [5, 5.41) is 36.8. The normalized spacial score (nSPS) is 11.1. The van der Waals surface area contributed by atoms with Crippen molar-refractivity contribution in [2.45, 2.75) is 44.6 Å². The van der Waals surface area contributed by atoms with E-state index in [0.29, 0.717) is 45.7 Å². The van der Waals surface area contributed by atoms with E-state index < -0.39 is 11.9 Å². The number of hydrogen-bond acceptors (Lipinski definition) is 9. The minimum absolute atomic E-state index is 0.0407. The van der Waals surface area contributed by atoms with Crippen molar-refractivity contribution in [2.75, 3.05) is 6.54 Å². The molecule has 0 bridgehead atoms. The van der Waals surface area contributed by atoms with Gasteiger partial charge in [0.25, 0.3) is 11.1 Å². The lowest BCUT2D eigenvalue weighted by Crippen LogP contribution is -2.26. The smallest absolute Gasteiger partial charge is 0.305 e. The maximum Gasteiger partial charge on any atom is 0.305 e. The molecular weight excluding hydrogens is 558 g/mol. The van der Waals surface area contributed by atoms with Gasteiger partial charge in [-0.1, -0.05) is 60.6 Å². The van der Waals surface area contributed by atoms with Crippen LogP contribution in [0.2, 0.25) is 0 Å². The zero-order valence-corrected chi connectivity index (χ0v) is 24.1. The number of aryl methyl sites for hydroxylation is 3. The maximum atomic E-state index is 13.0. The van der Waals surface area contributed by atoms with Gasteiger partial charge in [-0.15, -0.1) is 10.2 Å². The lowest BCUT2D eigenvalue weighted by Gasteiger charge is -2.16. The van der Waals surface area contributed by atoms with Gasteiger partial charge in [-0.2, -0.15) is 5.10 Å². The molecule has 42 heavy (non-hydrogen) atoms. The van der Waals surface area contributed by atoms with E-state index in [4.69, 9.17) is 19.4 Å². The minimum atomic E-state index is -1.04. The molecular formula is C30H29N5O6S. The van der Waals surface area contributed by atoms with E-state index in [1.807, 2.05) is 45.0 Å². The van der Waals surface area contributed by atoms with Gasteiger partial charge in [0.1, 0.15) is 11.5 Å². The summed E-state index contributed by atoms with van der Waals surface area (Å²) in [6, 6.07) is 16.3. The van der Waals surface area contributed by atoms with Gasteiger partial charge in [0.2, 0.25) is 11.8 Å². The third-order valence-electron chi connectivity index (χ3n) is 6.56. The van der Waals surface area contributed by atoms with E-state index in [2.05, 4.69) is 15.5 Å². The molecule has 3 N–H and O–H groups in total. The monoisotopic (exact) mass is 587 g/mol. The number of phenols is 1. The van der Waals surface area contributed by atoms with Crippen LogP contribution in [0.3, 0.4) is 0 Å². The second-order valence-electron chi connectivity index (χ2n) is 9.54. The number of carboxylic acids is 1. The van der Waals surface area contributed by atoms with Crippen LogP contribution >= 0.6 is 11.8 Å². The Morgan fingerprint density at radius 1 is 1.07 bits per heavy atom. The van der Waals surface area contributed by atoms with Gasteiger partial charge in [-0.3, -0.25) is 9.59 Å². The summed E-state index contributed by atoms with van der Waals surface area (Å²) >= 11 is 1.36. The first-order valence-electron chi connectivity index (χ1n) is 13.3. The van der Waals surface area contributed by atoms with E-state index in [-0.39, 0.29) is 24.3 Å². The highest BCUT2D eigenvalue weighted by Gasteiger charge is 2.24. The number of aromatic nitrogens is 4. The fraction of sp³-hybridized carbons (Fsp3) is 0.233. The highest BCUT2D eigenvalue weighted by Crippen LogP contribution is 2.41. The number of carboxylic acid groups (broad SMARTS) is 1. The van der Waals surface area contributed by atoms with Crippen LogP contribution in [0.1, 0.15) is 46.4 Å². The van der Waals surface area contributed by atoms with E-state index in [0.717, 1.165) is 22.5 Å². The number of aromatic hydroxyl groups is 1. The third-order valence-corrected chi connectivity index (χ3v) is 7.41. The number of nitrogens with zero attached hydrogens (tertiary/aromatic N) is 4. The van der Waals surface area contributed by atoms with Gasteiger partial charge in [0, 0.05) is 35.1 Å². The first kappa shape index (κ1) is 28.7. The van der Waals surface area contributed by atoms with Gasteiger partial charge in [-0.05, 0) is 32.0 Å². The topological polar surface area (TPSA) is 153 Å². The molecule has 3 aromatic carbocycles. The maximum absolute atomic E-state index is 13.0. The van der Waals surface area contributed by atoms with E-state index in [1.165, 1.54) is 17.8 Å². The standard InChI is InChI=1S/C30H29N5O6S/c1-4-25-32-33-30(41-25)42-16-23-18(3)34-35(19-11-9-17(2)10-12-19)29(23)40-24-15-22(28(39)31-14-13-26(36)37)27(38)21-8-6-5-7-20(21)24/h5-12,15,38H,4,13-14,16H2,1-3H3,(H,31,39)(H,36,37). The van der Waals surface area contributed by atoms with Crippen molar-refractivity contribution in [1.29, 1.82) is 0 Å². The summed E-state index contributed by atoms with van der Waals surface area (Å²) in [4.78, 5) is 23.9. The summed E-state index contributed by atoms with van der Waals surface area (Å²) in [6.07, 6.45) is 0.381. The van der Waals surface area contributed by atoms with Crippen LogP contribution in [0.4, 0.5) is 0 Å². The molecule has 1 amide bonds. The number of benzene rings is 3. The quantitative estimate of drug-likeness (QED) is 0.167. The lowest BCUT2D eigenvalue weighted by atomic mass is 10.0. The van der Waals surface area contributed by atoms with Gasteiger partial charge in [0.05, 0.1) is 23.4 Å². The molecule has 5 aromatic rings. The SMILES string of the molecule is CCc1nnc(SCc2c(C)nn(-c3ccc(C)cc3)c2Oc2cc(C(=O)NCCC(=O)O)c(O)c3ccccc23)o1. The molecule has 0 fully saturated rings. The molecule has 216 valence electrons. The highest BCUT2D eigenvalue weighted by atomic mass is 32.2. The molecule has 2 aromatic heterocycles. The van der Waals surface area contributed by atoms with Crippen molar-refractivity contribution in [3.8, 4) is 23.1 Å². The van der Waals surface area contributed by atoms with Crippen molar-refractivity contribution in [3.05, 3.63) is 82.9 Å². The number of phenolic OH excluding ortho intramolecular Hbond substituents is 1. The second-order valence-corrected chi connectivity index (χ2v) is 10.5. The number of amides is 1. The van der Waals surface area contributed by atoms with Crippen LogP contribution in [0, 0.1) is 13.8 Å². The molecule has 0 aliphatic carbocycles. The van der Waals surface area contributed by atoms with E-state index in [1.54, 1.807) is 28.9 Å². The Kier molecular flexibility index (Phi) is 8.43. The summed E-state index contributed by atoms with van der Waals surface area (Å²) in [7, 11) is 0. The highest BCUT2D eigenvalue weighted by molar-refractivity contribution is 7.98. The summed E-state index contributed by atoms with van der Waals surface area (Å²) in [5.41, 5.74) is 3.33. The summed E-state index contributed by atoms with van der Waals surface area (Å²) in [5.74, 6) is -0.190. The van der Waals surface area contributed by atoms with E-state index >= 15 is 0 Å². The molecule has 12 heteroatoms. The summed E-state index contributed by atoms with van der Waals surface area (Å²) < 4.78 is 14.0. The zero-order chi connectivity index (χ0) is 29.8. The average molecular weight is 588 g/mol. The second kappa shape index (κ2) is 12.4. The van der Waals surface area contributed by atoms with Crippen LogP contribution in [0.5, 0.6) is 17.4 Å². The fourth-order valence-corrected chi connectivity index (χ4v) is 5.16. The van der Waals surface area contributed by atoms with Crippen molar-refractivity contribution in [3.63, 3.8) is 0 Å². The largest absolute Gasteiger partial charge is 0.506 e. The van der Waals surface area contributed by atoms with Gasteiger partial charge in [0.15, 0.2) is 0 Å². The average Bonchev–Trinajstić information content (AvgIpc) is 3.57. The number of carbonyl (C=O) groups excluding carboxylic acids is 1. The minimum Gasteiger partial charge on any atom is -0.506 e. The Morgan fingerprint density at radius 2 is 1.81 bits per heavy atom. The predicted molar refractivity (Wildman–Crippen MR) is 157 cm³/mol. The molecule has 2 heterocycles. The van der Waals surface area contributed by atoms with Crippen LogP contribution in [-0.4, -0.2) is 48.6 Å². The van der Waals surface area contributed by atoms with Gasteiger partial charge >= 0.3 is 5.97 Å². The Balaban J connectivity index is 1.59.